The van der Waals surface area contributed by atoms with E-state index in [0.29, 0.717) is 11.3 Å². The topological polar surface area (TPSA) is 158 Å². The second-order valence-electron chi connectivity index (χ2n) is 8.56. The number of hydrogen-bond donors (Lipinski definition) is 2. The van der Waals surface area contributed by atoms with E-state index < -0.39 is 58.3 Å². The molecule has 2 aliphatic heterocycles. The van der Waals surface area contributed by atoms with Gasteiger partial charge >= 0.3 is 12.1 Å². The normalized spacial score (nSPS) is 22.6. The summed E-state index contributed by atoms with van der Waals surface area (Å²) in [6.07, 6.45) is -0.452. The van der Waals surface area contributed by atoms with Crippen LogP contribution in [0.25, 0.3) is 6.08 Å². The van der Waals surface area contributed by atoms with Crippen LogP contribution in [0.2, 0.25) is 0 Å². The lowest BCUT2D eigenvalue weighted by atomic mass is 10.1. The molecule has 0 saturated carbocycles. The average molecular weight is 513 g/mol. The summed E-state index contributed by atoms with van der Waals surface area (Å²) >= 11 is 0. The first-order valence-corrected chi connectivity index (χ1v) is 12.1. The number of hydrogen-bond acceptors (Lipinski definition) is 9. The molecule has 1 saturated heterocycles. The maximum absolute atomic E-state index is 13.0. The molecule has 2 heterocycles. The van der Waals surface area contributed by atoms with Crippen LogP contribution in [0.4, 0.5) is 4.79 Å². The molecular formula is C22H28N2O10S. The molecule has 3 rings (SSSR count). The number of aliphatic carboxylic acids is 1. The molecule has 2 aliphatic rings. The zero-order valence-corrected chi connectivity index (χ0v) is 21.0. The van der Waals surface area contributed by atoms with E-state index in [4.69, 9.17) is 18.9 Å². The van der Waals surface area contributed by atoms with Gasteiger partial charge in [-0.1, -0.05) is 0 Å². The monoisotopic (exact) mass is 512 g/mol. The minimum atomic E-state index is -3.93. The smallest absolute Gasteiger partial charge is 0.408 e. The van der Waals surface area contributed by atoms with Crippen molar-refractivity contribution in [2.24, 2.45) is 0 Å². The van der Waals surface area contributed by atoms with Crippen molar-refractivity contribution in [1.29, 1.82) is 0 Å². The van der Waals surface area contributed by atoms with Gasteiger partial charge in [0.25, 0.3) is 0 Å². The van der Waals surface area contributed by atoms with Gasteiger partial charge in [0.05, 0.1) is 30.1 Å². The number of benzene rings is 1. The summed E-state index contributed by atoms with van der Waals surface area (Å²) in [5.74, 6) is -1.36. The van der Waals surface area contributed by atoms with Crippen molar-refractivity contribution in [3.63, 3.8) is 0 Å². The Balaban J connectivity index is 1.68. The minimum Gasteiger partial charge on any atom is -0.493 e. The molecule has 13 heteroatoms. The Morgan fingerprint density at radius 2 is 1.80 bits per heavy atom. The lowest BCUT2D eigenvalue weighted by molar-refractivity contribution is -0.156. The van der Waals surface area contributed by atoms with Crippen molar-refractivity contribution in [2.45, 2.75) is 56.5 Å². The predicted molar refractivity (Wildman–Crippen MR) is 122 cm³/mol. The second kappa shape index (κ2) is 9.38. The van der Waals surface area contributed by atoms with E-state index in [1.807, 2.05) is 0 Å². The zero-order valence-electron chi connectivity index (χ0n) is 20.1. The quantitative estimate of drug-likeness (QED) is 0.547. The van der Waals surface area contributed by atoms with Crippen molar-refractivity contribution >= 4 is 33.9 Å². The van der Waals surface area contributed by atoms with Gasteiger partial charge in [0.1, 0.15) is 18.4 Å². The molecule has 192 valence electrons. The average Bonchev–Trinajstić information content (AvgIpc) is 3.17. The van der Waals surface area contributed by atoms with E-state index >= 15 is 0 Å². The number of carboxylic acid groups (broad SMARTS) is 1. The fourth-order valence-electron chi connectivity index (χ4n) is 4.19. The SMILES string of the molecule is COc1cc2c(cc1OC)S(=O)(=O)C(COC(=O)NC(C)C(=O)N1C(C(=O)O)C(C)OC1(C)C)=C2. The molecule has 2 amide bonds. The lowest BCUT2D eigenvalue weighted by Gasteiger charge is -2.34. The van der Waals surface area contributed by atoms with Gasteiger partial charge in [0.2, 0.25) is 15.7 Å². The number of nitrogens with one attached hydrogen (secondary N) is 1. The Labute approximate surface area is 202 Å². The Morgan fingerprint density at radius 3 is 2.37 bits per heavy atom. The lowest BCUT2D eigenvalue weighted by Crippen LogP contribution is -2.57. The van der Waals surface area contributed by atoms with Gasteiger partial charge in [-0.25, -0.2) is 18.0 Å². The molecule has 1 aromatic carbocycles. The molecule has 35 heavy (non-hydrogen) atoms. The van der Waals surface area contributed by atoms with Crippen LogP contribution in [0.3, 0.4) is 0 Å². The van der Waals surface area contributed by atoms with Crippen molar-refractivity contribution in [3.05, 3.63) is 22.6 Å². The molecular weight excluding hydrogens is 484 g/mol. The van der Waals surface area contributed by atoms with Crippen LogP contribution >= 0.6 is 0 Å². The third-order valence-electron chi connectivity index (χ3n) is 5.79. The predicted octanol–water partition coefficient (Wildman–Crippen LogP) is 1.38. The summed E-state index contributed by atoms with van der Waals surface area (Å²) < 4.78 is 46.7. The summed E-state index contributed by atoms with van der Waals surface area (Å²) in [6, 6.07) is 0.420. The van der Waals surface area contributed by atoms with Gasteiger partial charge in [0.15, 0.2) is 17.5 Å². The van der Waals surface area contributed by atoms with Crippen LogP contribution in [0.5, 0.6) is 11.5 Å². The van der Waals surface area contributed by atoms with E-state index in [1.165, 1.54) is 39.4 Å². The Morgan fingerprint density at radius 1 is 1.20 bits per heavy atom. The van der Waals surface area contributed by atoms with Crippen LogP contribution in [0.1, 0.15) is 33.3 Å². The second-order valence-corrected chi connectivity index (χ2v) is 10.5. The summed E-state index contributed by atoms with van der Waals surface area (Å²) in [7, 11) is -1.13. The van der Waals surface area contributed by atoms with Crippen LogP contribution in [-0.4, -0.2) is 81.1 Å². The first kappa shape index (κ1) is 26.3. The van der Waals surface area contributed by atoms with E-state index in [1.54, 1.807) is 20.8 Å². The number of ether oxygens (including phenoxy) is 4. The first-order valence-electron chi connectivity index (χ1n) is 10.6. The van der Waals surface area contributed by atoms with Gasteiger partial charge in [0, 0.05) is 6.07 Å². The molecule has 3 unspecified atom stereocenters. The third kappa shape index (κ3) is 4.78. The Bertz CT molecular complexity index is 1190. The number of carbonyl (C=O) groups excluding carboxylic acids is 2. The van der Waals surface area contributed by atoms with Crippen LogP contribution in [0.15, 0.2) is 21.9 Å². The molecule has 0 aliphatic carbocycles. The van der Waals surface area contributed by atoms with Crippen molar-refractivity contribution < 1.29 is 46.9 Å². The number of carbonyl (C=O) groups is 3. The van der Waals surface area contributed by atoms with Crippen molar-refractivity contribution in [3.8, 4) is 11.5 Å². The van der Waals surface area contributed by atoms with Crippen LogP contribution < -0.4 is 14.8 Å². The number of rotatable bonds is 7. The van der Waals surface area contributed by atoms with Crippen molar-refractivity contribution in [1.82, 2.24) is 10.2 Å². The van der Waals surface area contributed by atoms with E-state index in [-0.39, 0.29) is 15.6 Å². The molecule has 12 nitrogen and oxygen atoms in total. The summed E-state index contributed by atoms with van der Waals surface area (Å²) in [4.78, 5) is 37.9. The number of methoxy groups -OCH3 is 2. The largest absolute Gasteiger partial charge is 0.493 e. The van der Waals surface area contributed by atoms with Crippen molar-refractivity contribution in [2.75, 3.05) is 20.8 Å². The van der Waals surface area contributed by atoms with Gasteiger partial charge in [-0.2, -0.15) is 0 Å². The summed E-state index contributed by atoms with van der Waals surface area (Å²) in [5.41, 5.74) is -0.856. The molecule has 2 N–H and O–H groups in total. The number of nitrogens with zero attached hydrogens (tertiary/aromatic N) is 1. The number of alkyl carbamates (subject to hydrolysis) is 1. The maximum atomic E-state index is 13.0. The van der Waals surface area contributed by atoms with E-state index in [2.05, 4.69) is 5.32 Å². The zero-order chi connectivity index (χ0) is 26.3. The summed E-state index contributed by atoms with van der Waals surface area (Å²) in [5, 5.41) is 11.8. The fourth-order valence-corrected chi connectivity index (χ4v) is 5.66. The van der Waals surface area contributed by atoms with Gasteiger partial charge in [-0.05, 0) is 45.4 Å². The van der Waals surface area contributed by atoms with Gasteiger partial charge < -0.3 is 29.4 Å². The minimum absolute atomic E-state index is 0.0113. The van der Waals surface area contributed by atoms with Gasteiger partial charge in [-0.3, -0.25) is 9.69 Å². The maximum Gasteiger partial charge on any atom is 0.408 e. The van der Waals surface area contributed by atoms with E-state index in [0.717, 1.165) is 4.90 Å². The third-order valence-corrected chi connectivity index (χ3v) is 7.64. The molecule has 1 aromatic rings. The fraction of sp³-hybridized carbons (Fsp3) is 0.500. The molecule has 0 aromatic heterocycles. The highest BCUT2D eigenvalue weighted by Crippen LogP contribution is 2.40. The highest BCUT2D eigenvalue weighted by molar-refractivity contribution is 7.95. The highest BCUT2D eigenvalue weighted by Gasteiger charge is 2.52. The Hall–Kier alpha value is -3.32. The summed E-state index contributed by atoms with van der Waals surface area (Å²) in [6.45, 7) is 5.42. The Kier molecular flexibility index (Phi) is 7.04. The molecule has 0 radical (unpaired) electrons. The number of fused-ring (bicyclic) bond motifs is 1. The van der Waals surface area contributed by atoms with Crippen LogP contribution in [-0.2, 0) is 28.9 Å². The standard InChI is InChI=1S/C22H28N2O10S/c1-11(19(25)24-18(20(26)27)12(2)34-22(24,3)4)23-21(28)33-10-14-7-13-8-15(31-5)16(32-6)9-17(13)35(14,29)30/h7-9,11-12,18H,10H2,1-6H3,(H,23,28)(H,26,27). The molecule has 1 fully saturated rings. The highest BCUT2D eigenvalue weighted by atomic mass is 32.2. The number of carboxylic acids is 1. The first-order chi connectivity index (χ1) is 16.2. The van der Waals surface area contributed by atoms with E-state index in [9.17, 15) is 27.9 Å². The number of amides is 2. The van der Waals surface area contributed by atoms with Crippen LogP contribution in [0, 0.1) is 0 Å². The number of sulfone groups is 1. The molecule has 3 atom stereocenters. The molecule has 0 spiro atoms. The van der Waals surface area contributed by atoms with Gasteiger partial charge in [-0.15, -0.1) is 0 Å². The molecule has 0 bridgehead atoms.